The SMILES string of the molecule is CCC1CCCCN1C(=O)c1ccc(S(=O)(=O)Nc2ccc(C)cc2)cc1. The molecular formula is C21H26N2O3S. The van der Waals surface area contributed by atoms with Gasteiger partial charge < -0.3 is 4.90 Å². The first-order chi connectivity index (χ1) is 12.9. The molecule has 0 bridgehead atoms. The molecule has 0 radical (unpaired) electrons. The lowest BCUT2D eigenvalue weighted by atomic mass is 9.99. The molecule has 3 rings (SSSR count). The van der Waals surface area contributed by atoms with Crippen LogP contribution >= 0.6 is 0 Å². The van der Waals surface area contributed by atoms with Gasteiger partial charge in [0.2, 0.25) is 0 Å². The van der Waals surface area contributed by atoms with Crippen LogP contribution in [0.2, 0.25) is 0 Å². The molecule has 0 saturated carbocycles. The second kappa shape index (κ2) is 8.13. The van der Waals surface area contributed by atoms with E-state index in [1.165, 1.54) is 12.1 Å². The minimum absolute atomic E-state index is 0.0167. The number of amides is 1. The number of aryl methyl sites for hydroxylation is 1. The van der Waals surface area contributed by atoms with Crippen LogP contribution in [0.15, 0.2) is 53.4 Å². The van der Waals surface area contributed by atoms with Gasteiger partial charge in [0.1, 0.15) is 0 Å². The van der Waals surface area contributed by atoms with Crippen LogP contribution in [-0.4, -0.2) is 31.8 Å². The summed E-state index contributed by atoms with van der Waals surface area (Å²) in [4.78, 5) is 14.9. The van der Waals surface area contributed by atoms with E-state index < -0.39 is 10.0 Å². The number of nitrogens with zero attached hydrogens (tertiary/aromatic N) is 1. The van der Waals surface area contributed by atoms with Crippen molar-refractivity contribution in [3.8, 4) is 0 Å². The lowest BCUT2D eigenvalue weighted by molar-refractivity contribution is 0.0608. The summed E-state index contributed by atoms with van der Waals surface area (Å²) in [5, 5.41) is 0. The average Bonchev–Trinajstić information content (AvgIpc) is 2.69. The van der Waals surface area contributed by atoms with Crippen molar-refractivity contribution in [1.29, 1.82) is 0 Å². The van der Waals surface area contributed by atoms with Gasteiger partial charge >= 0.3 is 0 Å². The highest BCUT2D eigenvalue weighted by Crippen LogP contribution is 2.23. The van der Waals surface area contributed by atoms with E-state index in [0.29, 0.717) is 11.3 Å². The zero-order valence-electron chi connectivity index (χ0n) is 15.8. The average molecular weight is 387 g/mol. The molecule has 0 aromatic heterocycles. The van der Waals surface area contributed by atoms with Crippen LogP contribution in [0.25, 0.3) is 0 Å². The zero-order chi connectivity index (χ0) is 19.4. The van der Waals surface area contributed by atoms with Crippen molar-refractivity contribution in [3.05, 3.63) is 59.7 Å². The molecule has 1 N–H and O–H groups in total. The van der Waals surface area contributed by atoms with E-state index in [-0.39, 0.29) is 16.8 Å². The number of hydrogen-bond acceptors (Lipinski definition) is 3. The molecule has 6 heteroatoms. The Kier molecular flexibility index (Phi) is 5.85. The normalized spacial score (nSPS) is 17.6. The number of rotatable bonds is 5. The van der Waals surface area contributed by atoms with Crippen molar-refractivity contribution in [1.82, 2.24) is 4.90 Å². The lowest BCUT2D eigenvalue weighted by Gasteiger charge is -2.35. The van der Waals surface area contributed by atoms with Gasteiger partial charge in [-0.3, -0.25) is 9.52 Å². The van der Waals surface area contributed by atoms with Crippen LogP contribution < -0.4 is 4.72 Å². The van der Waals surface area contributed by atoms with E-state index in [1.54, 1.807) is 24.3 Å². The number of likely N-dealkylation sites (tertiary alicyclic amines) is 1. The summed E-state index contributed by atoms with van der Waals surface area (Å²) in [5.41, 5.74) is 2.11. The van der Waals surface area contributed by atoms with E-state index in [9.17, 15) is 13.2 Å². The Hall–Kier alpha value is -2.34. The zero-order valence-corrected chi connectivity index (χ0v) is 16.6. The van der Waals surface area contributed by atoms with Crippen LogP contribution in [0.5, 0.6) is 0 Å². The predicted molar refractivity (Wildman–Crippen MR) is 107 cm³/mol. The first-order valence-corrected chi connectivity index (χ1v) is 10.9. The molecule has 1 heterocycles. The number of carbonyl (C=O) groups is 1. The molecule has 0 aliphatic carbocycles. The second-order valence-corrected chi connectivity index (χ2v) is 8.73. The van der Waals surface area contributed by atoms with E-state index in [2.05, 4.69) is 11.6 Å². The Morgan fingerprint density at radius 1 is 1.07 bits per heavy atom. The molecule has 27 heavy (non-hydrogen) atoms. The van der Waals surface area contributed by atoms with Crippen molar-refractivity contribution in [3.63, 3.8) is 0 Å². The summed E-state index contributed by atoms with van der Waals surface area (Å²) in [6, 6.07) is 13.6. The molecule has 0 spiro atoms. The second-order valence-electron chi connectivity index (χ2n) is 7.05. The first-order valence-electron chi connectivity index (χ1n) is 9.41. The summed E-state index contributed by atoms with van der Waals surface area (Å²) in [5.74, 6) is -0.0167. The quantitative estimate of drug-likeness (QED) is 0.837. The van der Waals surface area contributed by atoms with Gasteiger partial charge in [0.05, 0.1) is 4.90 Å². The highest BCUT2D eigenvalue weighted by molar-refractivity contribution is 7.92. The molecule has 5 nitrogen and oxygen atoms in total. The highest BCUT2D eigenvalue weighted by atomic mass is 32.2. The summed E-state index contributed by atoms with van der Waals surface area (Å²) in [7, 11) is -3.68. The largest absolute Gasteiger partial charge is 0.336 e. The van der Waals surface area contributed by atoms with E-state index in [1.807, 2.05) is 24.0 Å². The molecule has 1 fully saturated rings. The van der Waals surface area contributed by atoms with Gasteiger partial charge in [-0.25, -0.2) is 8.42 Å². The van der Waals surface area contributed by atoms with Crippen molar-refractivity contribution in [2.24, 2.45) is 0 Å². The van der Waals surface area contributed by atoms with Gasteiger partial charge in [-0.2, -0.15) is 0 Å². The third kappa shape index (κ3) is 4.50. The Morgan fingerprint density at radius 3 is 2.37 bits per heavy atom. The highest BCUT2D eigenvalue weighted by Gasteiger charge is 2.26. The van der Waals surface area contributed by atoms with Crippen LogP contribution in [0.1, 0.15) is 48.5 Å². The van der Waals surface area contributed by atoms with Gasteiger partial charge in [0.25, 0.3) is 15.9 Å². The van der Waals surface area contributed by atoms with Gasteiger partial charge in [-0.1, -0.05) is 24.6 Å². The smallest absolute Gasteiger partial charge is 0.261 e. The number of nitrogens with one attached hydrogen (secondary N) is 1. The van der Waals surface area contributed by atoms with Crippen LogP contribution in [0.3, 0.4) is 0 Å². The van der Waals surface area contributed by atoms with Crippen LogP contribution in [0, 0.1) is 6.92 Å². The summed E-state index contributed by atoms with van der Waals surface area (Å²) in [6.07, 6.45) is 4.16. The van der Waals surface area contributed by atoms with Crippen molar-refractivity contribution in [2.75, 3.05) is 11.3 Å². The van der Waals surface area contributed by atoms with E-state index in [4.69, 9.17) is 0 Å². The Morgan fingerprint density at radius 2 is 1.74 bits per heavy atom. The standard InChI is InChI=1S/C21H26N2O3S/c1-3-19-6-4-5-15-23(19)21(24)17-9-13-20(14-10-17)27(25,26)22-18-11-7-16(2)8-12-18/h7-14,19,22H,3-6,15H2,1-2H3. The molecule has 1 aliphatic rings. The Labute approximate surface area is 161 Å². The fourth-order valence-corrected chi connectivity index (χ4v) is 4.53. The molecule has 1 aliphatic heterocycles. The predicted octanol–water partition coefficient (Wildman–Crippen LogP) is 4.20. The molecule has 2 aromatic rings. The molecule has 1 unspecified atom stereocenters. The summed E-state index contributed by atoms with van der Waals surface area (Å²) >= 11 is 0. The van der Waals surface area contributed by atoms with Gasteiger partial charge in [-0.15, -0.1) is 0 Å². The number of carbonyl (C=O) groups excluding carboxylic acids is 1. The summed E-state index contributed by atoms with van der Waals surface area (Å²) in [6.45, 7) is 4.81. The van der Waals surface area contributed by atoms with E-state index >= 15 is 0 Å². The maximum Gasteiger partial charge on any atom is 0.261 e. The van der Waals surface area contributed by atoms with Gasteiger partial charge in [0, 0.05) is 23.8 Å². The van der Waals surface area contributed by atoms with Crippen LogP contribution in [0.4, 0.5) is 5.69 Å². The molecule has 2 aromatic carbocycles. The Bertz CT molecular complexity index is 890. The molecular weight excluding hydrogens is 360 g/mol. The van der Waals surface area contributed by atoms with Crippen molar-refractivity contribution in [2.45, 2.75) is 50.5 Å². The topological polar surface area (TPSA) is 66.5 Å². The fraction of sp³-hybridized carbons (Fsp3) is 0.381. The third-order valence-electron chi connectivity index (χ3n) is 5.07. The molecule has 144 valence electrons. The monoisotopic (exact) mass is 386 g/mol. The van der Waals surface area contributed by atoms with Gasteiger partial charge in [0.15, 0.2) is 0 Å². The minimum Gasteiger partial charge on any atom is -0.336 e. The van der Waals surface area contributed by atoms with Crippen LogP contribution in [-0.2, 0) is 10.0 Å². The number of anilines is 1. The first kappa shape index (κ1) is 19.4. The van der Waals surface area contributed by atoms with Crippen molar-refractivity contribution < 1.29 is 13.2 Å². The molecule has 1 atom stereocenters. The van der Waals surface area contributed by atoms with Gasteiger partial charge in [-0.05, 0) is 69.0 Å². The fourth-order valence-electron chi connectivity index (χ4n) is 3.47. The summed E-state index contributed by atoms with van der Waals surface area (Å²) < 4.78 is 27.7. The lowest BCUT2D eigenvalue weighted by Crippen LogP contribution is -2.43. The van der Waals surface area contributed by atoms with Crippen molar-refractivity contribution >= 4 is 21.6 Å². The third-order valence-corrected chi connectivity index (χ3v) is 6.47. The number of sulfonamides is 1. The maximum absolute atomic E-state index is 12.8. The Balaban J connectivity index is 1.75. The number of piperidine rings is 1. The maximum atomic E-state index is 12.8. The van der Waals surface area contributed by atoms with E-state index in [0.717, 1.165) is 37.8 Å². The molecule has 1 saturated heterocycles. The number of hydrogen-bond donors (Lipinski definition) is 1. The minimum atomic E-state index is -3.68. The number of benzene rings is 2. The molecule has 1 amide bonds.